The first-order valence-corrected chi connectivity index (χ1v) is 7.39. The molecule has 0 heterocycles. The predicted octanol–water partition coefficient (Wildman–Crippen LogP) is 2.06. The predicted molar refractivity (Wildman–Crippen MR) is 58.5 cm³/mol. The Kier molecular flexibility index (Phi) is 9.96. The Morgan fingerprint density at radius 2 is 2.08 bits per heavy atom. The van der Waals surface area contributed by atoms with E-state index in [9.17, 15) is 0 Å². The van der Waals surface area contributed by atoms with Gasteiger partial charge in [0.15, 0.2) is 9.04 Å². The minimum Gasteiger partial charge on any atom is -0.398 e. The van der Waals surface area contributed by atoms with Gasteiger partial charge in [0, 0.05) is 6.61 Å². The zero-order chi connectivity index (χ0) is 9.23. The van der Waals surface area contributed by atoms with Crippen molar-refractivity contribution in [1.29, 1.82) is 0 Å². The van der Waals surface area contributed by atoms with E-state index in [2.05, 4.69) is 19.6 Å². The van der Waals surface area contributed by atoms with Crippen molar-refractivity contribution >= 4 is 21.7 Å². The molecule has 1 unspecified atom stereocenters. The van der Waals surface area contributed by atoms with Gasteiger partial charge in [0.1, 0.15) is 6.79 Å². The van der Waals surface area contributed by atoms with Crippen LogP contribution >= 0.6 is 12.6 Å². The molecule has 0 aromatic heterocycles. The standard InChI is InChI=1S/C8H20O2SSi/c1-3-9-8-10-12(4-2)7-5-6-11/h11-12H,3-8H2,1-2H3. The Hall–Kier alpha value is 0.487. The highest BCUT2D eigenvalue weighted by Crippen LogP contribution is 2.05. The summed E-state index contributed by atoms with van der Waals surface area (Å²) in [7, 11) is -0.936. The maximum absolute atomic E-state index is 5.62. The second-order valence-corrected chi connectivity index (χ2v) is 6.09. The summed E-state index contributed by atoms with van der Waals surface area (Å²) in [6.45, 7) is 5.42. The van der Waals surface area contributed by atoms with Gasteiger partial charge >= 0.3 is 0 Å². The van der Waals surface area contributed by atoms with Crippen LogP contribution in [0.4, 0.5) is 0 Å². The van der Waals surface area contributed by atoms with Gasteiger partial charge in [-0.25, -0.2) is 0 Å². The highest BCUT2D eigenvalue weighted by Gasteiger charge is 2.07. The maximum atomic E-state index is 5.62. The fraction of sp³-hybridized carbons (Fsp3) is 1.00. The van der Waals surface area contributed by atoms with Gasteiger partial charge in [0.2, 0.25) is 0 Å². The van der Waals surface area contributed by atoms with Crippen LogP contribution in [0.2, 0.25) is 12.1 Å². The molecule has 0 aliphatic rings. The molecule has 2 nitrogen and oxygen atoms in total. The molecule has 0 aliphatic heterocycles. The number of hydrogen-bond acceptors (Lipinski definition) is 3. The highest BCUT2D eigenvalue weighted by atomic mass is 32.1. The lowest BCUT2D eigenvalue weighted by atomic mass is 10.6. The first-order chi connectivity index (χ1) is 5.85. The molecule has 74 valence electrons. The van der Waals surface area contributed by atoms with Crippen LogP contribution in [-0.2, 0) is 9.16 Å². The zero-order valence-electron chi connectivity index (χ0n) is 8.08. The summed E-state index contributed by atoms with van der Waals surface area (Å²) in [5.41, 5.74) is 0. The third kappa shape index (κ3) is 7.15. The van der Waals surface area contributed by atoms with Crippen molar-refractivity contribution in [2.75, 3.05) is 19.2 Å². The van der Waals surface area contributed by atoms with E-state index in [1.54, 1.807) is 0 Å². The molecule has 0 aliphatic carbocycles. The normalized spacial score (nSPS) is 13.2. The molecular formula is C8H20O2SSi. The third-order valence-electron chi connectivity index (χ3n) is 1.73. The van der Waals surface area contributed by atoms with Crippen molar-refractivity contribution < 1.29 is 9.16 Å². The molecule has 0 amide bonds. The zero-order valence-corrected chi connectivity index (χ0v) is 10.1. The smallest absolute Gasteiger partial charge is 0.179 e. The average molecular weight is 208 g/mol. The lowest BCUT2D eigenvalue weighted by Gasteiger charge is -2.13. The lowest BCUT2D eigenvalue weighted by molar-refractivity contribution is 0.0200. The van der Waals surface area contributed by atoms with Gasteiger partial charge in [0.05, 0.1) is 0 Å². The largest absolute Gasteiger partial charge is 0.398 e. The van der Waals surface area contributed by atoms with E-state index in [4.69, 9.17) is 9.16 Å². The van der Waals surface area contributed by atoms with Crippen molar-refractivity contribution in [3.8, 4) is 0 Å². The topological polar surface area (TPSA) is 18.5 Å². The van der Waals surface area contributed by atoms with E-state index in [0.29, 0.717) is 6.79 Å². The lowest BCUT2D eigenvalue weighted by Crippen LogP contribution is -2.18. The molecule has 1 atom stereocenters. The molecule has 0 aromatic rings. The summed E-state index contributed by atoms with van der Waals surface area (Å²) < 4.78 is 10.8. The monoisotopic (exact) mass is 208 g/mol. The van der Waals surface area contributed by atoms with Crippen molar-refractivity contribution in [3.05, 3.63) is 0 Å². The van der Waals surface area contributed by atoms with Crippen molar-refractivity contribution in [2.24, 2.45) is 0 Å². The Balaban J connectivity index is 3.26. The number of hydrogen-bond donors (Lipinski definition) is 1. The Morgan fingerprint density at radius 3 is 2.58 bits per heavy atom. The van der Waals surface area contributed by atoms with Gasteiger partial charge in [-0.1, -0.05) is 6.92 Å². The van der Waals surface area contributed by atoms with E-state index in [1.165, 1.54) is 18.5 Å². The SMILES string of the molecule is CCOCO[SiH](CC)CCCS. The Bertz CT molecular complexity index is 93.1. The molecule has 0 spiro atoms. The quantitative estimate of drug-likeness (QED) is 0.285. The second kappa shape index (κ2) is 9.57. The molecule has 0 rings (SSSR count). The number of thiol groups is 1. The first-order valence-electron chi connectivity index (χ1n) is 4.65. The minimum atomic E-state index is -0.936. The number of ether oxygens (including phenoxy) is 1. The summed E-state index contributed by atoms with van der Waals surface area (Å²) in [5.74, 6) is 0.974. The molecular weight excluding hydrogens is 188 g/mol. The van der Waals surface area contributed by atoms with Crippen LogP contribution in [0.25, 0.3) is 0 Å². The van der Waals surface area contributed by atoms with Crippen LogP contribution in [-0.4, -0.2) is 28.2 Å². The van der Waals surface area contributed by atoms with E-state index in [-0.39, 0.29) is 0 Å². The van der Waals surface area contributed by atoms with Crippen molar-refractivity contribution in [2.45, 2.75) is 32.4 Å². The molecule has 0 N–H and O–H groups in total. The Labute approximate surface area is 82.8 Å². The molecule has 0 bridgehead atoms. The molecule has 0 fully saturated rings. The molecule has 4 heteroatoms. The van der Waals surface area contributed by atoms with Gasteiger partial charge in [-0.2, -0.15) is 12.6 Å². The first kappa shape index (κ1) is 12.5. The maximum Gasteiger partial charge on any atom is 0.179 e. The third-order valence-corrected chi connectivity index (χ3v) is 4.62. The van der Waals surface area contributed by atoms with E-state index in [0.717, 1.165) is 12.4 Å². The van der Waals surface area contributed by atoms with Crippen LogP contribution in [0.5, 0.6) is 0 Å². The summed E-state index contributed by atoms with van der Waals surface area (Å²) in [6, 6.07) is 2.42. The molecule has 0 saturated heterocycles. The van der Waals surface area contributed by atoms with Crippen LogP contribution in [0.15, 0.2) is 0 Å². The Morgan fingerprint density at radius 1 is 1.33 bits per heavy atom. The van der Waals surface area contributed by atoms with Crippen LogP contribution in [0, 0.1) is 0 Å². The average Bonchev–Trinajstić information content (AvgIpc) is 2.11. The fourth-order valence-corrected chi connectivity index (χ4v) is 3.24. The van der Waals surface area contributed by atoms with E-state index < -0.39 is 9.04 Å². The van der Waals surface area contributed by atoms with Gasteiger partial charge in [-0.15, -0.1) is 0 Å². The van der Waals surface area contributed by atoms with E-state index in [1.807, 2.05) is 6.92 Å². The van der Waals surface area contributed by atoms with Crippen LogP contribution < -0.4 is 0 Å². The number of rotatable bonds is 8. The van der Waals surface area contributed by atoms with Crippen molar-refractivity contribution in [3.63, 3.8) is 0 Å². The molecule has 0 aromatic carbocycles. The molecule has 0 saturated carbocycles. The molecule has 12 heavy (non-hydrogen) atoms. The van der Waals surface area contributed by atoms with Crippen LogP contribution in [0.3, 0.4) is 0 Å². The summed E-state index contributed by atoms with van der Waals surface area (Å²) in [6.07, 6.45) is 1.18. The summed E-state index contributed by atoms with van der Waals surface area (Å²) >= 11 is 4.18. The van der Waals surface area contributed by atoms with Gasteiger partial charge in [-0.05, 0) is 31.2 Å². The second-order valence-electron chi connectivity index (χ2n) is 2.67. The highest BCUT2D eigenvalue weighted by molar-refractivity contribution is 7.80. The van der Waals surface area contributed by atoms with Gasteiger partial charge in [0.25, 0.3) is 0 Å². The van der Waals surface area contributed by atoms with Crippen LogP contribution in [0.1, 0.15) is 20.3 Å². The summed E-state index contributed by atoms with van der Waals surface area (Å²) in [5, 5.41) is 0. The molecule has 0 radical (unpaired) electrons. The van der Waals surface area contributed by atoms with Crippen molar-refractivity contribution in [1.82, 2.24) is 0 Å². The van der Waals surface area contributed by atoms with Gasteiger partial charge < -0.3 is 9.16 Å². The summed E-state index contributed by atoms with van der Waals surface area (Å²) in [4.78, 5) is 0. The van der Waals surface area contributed by atoms with Gasteiger partial charge in [-0.3, -0.25) is 0 Å². The minimum absolute atomic E-state index is 0.494. The van der Waals surface area contributed by atoms with E-state index >= 15 is 0 Å². The fourth-order valence-electron chi connectivity index (χ4n) is 0.952.